The molecule has 0 aromatic carbocycles. The van der Waals surface area contributed by atoms with Gasteiger partial charge in [-0.25, -0.2) is 4.98 Å². The number of hydrogen-bond donors (Lipinski definition) is 1. The molecule has 0 amide bonds. The molecule has 1 aliphatic carbocycles. The van der Waals surface area contributed by atoms with Gasteiger partial charge >= 0.3 is 10.1 Å². The second-order valence-electron chi connectivity index (χ2n) is 3.63. The van der Waals surface area contributed by atoms with Gasteiger partial charge in [-0.3, -0.25) is 4.55 Å². The largest absolute Gasteiger partial charge is 0.443 e. The summed E-state index contributed by atoms with van der Waals surface area (Å²) in [5, 5.41) is 0.160. The molecule has 0 atom stereocenters. The molecule has 96 valence electrons. The minimum Gasteiger partial charge on any atom is -0.443 e. The average molecular weight is 288 g/mol. The van der Waals surface area contributed by atoms with Crippen LogP contribution in [-0.2, 0) is 10.1 Å². The van der Waals surface area contributed by atoms with Crippen molar-refractivity contribution in [2.75, 3.05) is 0 Å². The van der Waals surface area contributed by atoms with Crippen molar-refractivity contribution in [3.8, 4) is 5.88 Å². The van der Waals surface area contributed by atoms with Crippen LogP contribution in [0.1, 0.15) is 6.42 Å². The van der Waals surface area contributed by atoms with Crippen molar-refractivity contribution < 1.29 is 17.7 Å². The lowest BCUT2D eigenvalue weighted by atomic mass is 10.1. The summed E-state index contributed by atoms with van der Waals surface area (Å²) < 4.78 is 37.6. The molecule has 2 rings (SSSR count). The highest BCUT2D eigenvalue weighted by Crippen LogP contribution is 2.31. The molecule has 1 N–H and O–H groups in total. The fraction of sp³-hybridized carbons (Fsp3) is 0.182. The Labute approximate surface area is 110 Å². The zero-order valence-electron chi connectivity index (χ0n) is 9.15. The zero-order chi connectivity index (χ0) is 13.2. The van der Waals surface area contributed by atoms with Crippen molar-refractivity contribution in [1.29, 1.82) is 0 Å². The Morgan fingerprint density at radius 1 is 1.39 bits per heavy atom. The fourth-order valence-corrected chi connectivity index (χ4v) is 2.37. The smallest absolute Gasteiger partial charge is 0.314 e. The number of aromatic nitrogens is 1. The summed E-state index contributed by atoms with van der Waals surface area (Å²) in [6.07, 6.45) is 7.64. The highest BCUT2D eigenvalue weighted by molar-refractivity contribution is 7.87. The molecule has 0 saturated heterocycles. The van der Waals surface area contributed by atoms with Crippen LogP contribution < -0.4 is 4.74 Å². The van der Waals surface area contributed by atoms with Crippen LogP contribution >= 0.6 is 11.6 Å². The summed E-state index contributed by atoms with van der Waals surface area (Å²) in [7, 11) is -4.50. The van der Waals surface area contributed by atoms with Crippen molar-refractivity contribution in [3.05, 3.63) is 47.7 Å². The second kappa shape index (κ2) is 4.72. The third-order valence-corrected chi connectivity index (χ3v) is 3.81. The van der Waals surface area contributed by atoms with E-state index in [2.05, 4.69) is 4.98 Å². The molecule has 0 bridgehead atoms. The lowest BCUT2D eigenvalue weighted by molar-refractivity contribution is 0.222. The Balaban J connectivity index is 2.45. The Morgan fingerprint density at radius 2 is 2.06 bits per heavy atom. The minimum atomic E-state index is -4.50. The van der Waals surface area contributed by atoms with Gasteiger partial charge in [0, 0.05) is 6.20 Å². The van der Waals surface area contributed by atoms with Crippen LogP contribution in [0.15, 0.2) is 42.6 Å². The van der Waals surface area contributed by atoms with Crippen LogP contribution in [0, 0.1) is 0 Å². The van der Waals surface area contributed by atoms with Crippen LogP contribution in [0.3, 0.4) is 0 Å². The molecule has 1 aromatic rings. The predicted octanol–water partition coefficient (Wildman–Crippen LogP) is 2.21. The Bertz CT molecular complexity index is 597. The summed E-state index contributed by atoms with van der Waals surface area (Å²) in [5.74, 6) is -0.0620. The predicted molar refractivity (Wildman–Crippen MR) is 67.1 cm³/mol. The van der Waals surface area contributed by atoms with E-state index in [0.717, 1.165) is 0 Å². The molecule has 0 aliphatic heterocycles. The first kappa shape index (κ1) is 13.1. The fourth-order valence-electron chi connectivity index (χ4n) is 1.49. The van der Waals surface area contributed by atoms with Gasteiger partial charge in [0.05, 0.1) is 0 Å². The molecule has 1 aromatic heterocycles. The van der Waals surface area contributed by atoms with Crippen molar-refractivity contribution in [1.82, 2.24) is 4.98 Å². The second-order valence-corrected chi connectivity index (χ2v) is 5.62. The first-order valence-electron chi connectivity index (χ1n) is 5.06. The maximum atomic E-state index is 11.5. The van der Waals surface area contributed by atoms with Gasteiger partial charge in [0.2, 0.25) is 5.88 Å². The van der Waals surface area contributed by atoms with Gasteiger partial charge in [0.25, 0.3) is 4.93 Å². The summed E-state index contributed by atoms with van der Waals surface area (Å²) in [6, 6.07) is 3.10. The van der Waals surface area contributed by atoms with Gasteiger partial charge < -0.3 is 4.74 Å². The first-order chi connectivity index (χ1) is 8.45. The van der Waals surface area contributed by atoms with E-state index in [4.69, 9.17) is 16.3 Å². The molecule has 1 heterocycles. The van der Waals surface area contributed by atoms with Gasteiger partial charge in [0.1, 0.15) is 5.02 Å². The molecule has 0 unspecified atom stereocenters. The van der Waals surface area contributed by atoms with Gasteiger partial charge in [0.15, 0.2) is 0 Å². The number of halogens is 1. The maximum absolute atomic E-state index is 11.5. The lowest BCUT2D eigenvalue weighted by Crippen LogP contribution is -2.41. The molecule has 0 spiro atoms. The van der Waals surface area contributed by atoms with Gasteiger partial charge in [-0.1, -0.05) is 23.8 Å². The maximum Gasteiger partial charge on any atom is 0.314 e. The molecule has 7 heteroatoms. The third-order valence-electron chi connectivity index (χ3n) is 2.36. The summed E-state index contributed by atoms with van der Waals surface area (Å²) in [4.78, 5) is 1.86. The topological polar surface area (TPSA) is 76.5 Å². The minimum absolute atomic E-state index is 0.0620. The normalized spacial score (nSPS) is 17.7. The summed E-state index contributed by atoms with van der Waals surface area (Å²) >= 11 is 5.84. The van der Waals surface area contributed by atoms with Gasteiger partial charge in [-0.2, -0.15) is 8.42 Å². The number of rotatable bonds is 3. The molecule has 18 heavy (non-hydrogen) atoms. The molecular weight excluding hydrogens is 278 g/mol. The molecule has 0 saturated carbocycles. The number of pyridine rings is 1. The number of nitrogens with zero attached hydrogens (tertiary/aromatic N) is 1. The van der Waals surface area contributed by atoms with E-state index in [0.29, 0.717) is 6.42 Å². The molecule has 5 nitrogen and oxygen atoms in total. The monoisotopic (exact) mass is 287 g/mol. The van der Waals surface area contributed by atoms with E-state index < -0.39 is 15.1 Å². The van der Waals surface area contributed by atoms with Crippen molar-refractivity contribution in [2.24, 2.45) is 0 Å². The molecular formula is C11H10ClNO4S. The van der Waals surface area contributed by atoms with Crippen molar-refractivity contribution in [2.45, 2.75) is 11.4 Å². The van der Waals surface area contributed by atoms with Crippen LogP contribution in [0.25, 0.3) is 0 Å². The highest BCUT2D eigenvalue weighted by atomic mass is 35.5. The van der Waals surface area contributed by atoms with Crippen LogP contribution in [0.2, 0.25) is 5.02 Å². The van der Waals surface area contributed by atoms with E-state index >= 15 is 0 Å². The molecule has 0 fully saturated rings. The van der Waals surface area contributed by atoms with E-state index in [1.54, 1.807) is 18.2 Å². The van der Waals surface area contributed by atoms with Gasteiger partial charge in [-0.15, -0.1) is 0 Å². The Kier molecular flexibility index (Phi) is 3.43. The summed E-state index contributed by atoms with van der Waals surface area (Å²) in [6.45, 7) is 0. The van der Waals surface area contributed by atoms with Crippen LogP contribution in [-0.4, -0.2) is 22.9 Å². The summed E-state index contributed by atoms with van der Waals surface area (Å²) in [5.41, 5.74) is 0. The molecule has 0 radical (unpaired) electrons. The quantitative estimate of drug-likeness (QED) is 0.681. The first-order valence-corrected chi connectivity index (χ1v) is 6.88. The third kappa shape index (κ3) is 2.40. The number of hydrogen-bond acceptors (Lipinski definition) is 4. The zero-order valence-corrected chi connectivity index (χ0v) is 10.7. The van der Waals surface area contributed by atoms with E-state index in [1.165, 1.54) is 24.4 Å². The highest BCUT2D eigenvalue weighted by Gasteiger charge is 2.42. The number of allylic oxidation sites excluding steroid dienone is 2. The molecule has 1 aliphatic rings. The van der Waals surface area contributed by atoms with Gasteiger partial charge in [-0.05, 0) is 30.7 Å². The van der Waals surface area contributed by atoms with Crippen molar-refractivity contribution >= 4 is 21.7 Å². The van der Waals surface area contributed by atoms with E-state index in [9.17, 15) is 13.0 Å². The Morgan fingerprint density at radius 3 is 2.61 bits per heavy atom. The standard InChI is InChI=1S/C11H10ClNO4S/c12-9-5-4-8-13-10(9)17-11(18(14,15)16)6-2-1-3-7-11/h2-8H,1H2,(H,14,15,16). The van der Waals surface area contributed by atoms with Crippen LogP contribution in [0.4, 0.5) is 0 Å². The van der Waals surface area contributed by atoms with Crippen LogP contribution in [0.5, 0.6) is 5.88 Å². The average Bonchev–Trinajstić information content (AvgIpc) is 2.32. The lowest BCUT2D eigenvalue weighted by Gasteiger charge is -2.26. The number of ether oxygens (including phenoxy) is 1. The van der Waals surface area contributed by atoms with E-state index in [1.807, 2.05) is 0 Å². The Hall–Kier alpha value is -1.37. The SMILES string of the molecule is O=S(=O)(O)C1(Oc2ncccc2Cl)C=CCC=C1. The van der Waals surface area contributed by atoms with E-state index in [-0.39, 0.29) is 10.9 Å². The van der Waals surface area contributed by atoms with Crippen molar-refractivity contribution in [3.63, 3.8) is 0 Å².